The van der Waals surface area contributed by atoms with E-state index in [4.69, 9.17) is 14.0 Å². The first kappa shape index (κ1) is 12.8. The van der Waals surface area contributed by atoms with Gasteiger partial charge in [0.1, 0.15) is 0 Å². The third-order valence-corrected chi connectivity index (χ3v) is 2.65. The Kier molecular flexibility index (Phi) is 3.81. The van der Waals surface area contributed by atoms with Gasteiger partial charge in [-0.05, 0) is 25.1 Å². The zero-order valence-electron chi connectivity index (χ0n) is 9.68. The van der Waals surface area contributed by atoms with Crippen molar-refractivity contribution in [3.8, 4) is 11.8 Å². The van der Waals surface area contributed by atoms with Gasteiger partial charge in [0.25, 0.3) is 0 Å². The molecule has 0 spiro atoms. The van der Waals surface area contributed by atoms with Gasteiger partial charge in [0.15, 0.2) is 17.7 Å². The summed E-state index contributed by atoms with van der Waals surface area (Å²) in [5.74, 6) is -0.0599. The number of hydrogen-bond acceptors (Lipinski definition) is 5. The van der Waals surface area contributed by atoms with Crippen LogP contribution in [0.2, 0.25) is 0 Å². The van der Waals surface area contributed by atoms with Crippen molar-refractivity contribution in [3.05, 3.63) is 34.3 Å². The molecule has 0 saturated carbocycles. The van der Waals surface area contributed by atoms with Gasteiger partial charge in [0.2, 0.25) is 5.82 Å². The van der Waals surface area contributed by atoms with Crippen molar-refractivity contribution < 1.29 is 18.4 Å². The van der Waals surface area contributed by atoms with Gasteiger partial charge < -0.3 is 9.47 Å². The maximum atomic E-state index is 13.6. The third kappa shape index (κ3) is 2.79. The van der Waals surface area contributed by atoms with Gasteiger partial charge in [-0.1, -0.05) is 21.1 Å². The topological polar surface area (TPSA) is 57.4 Å². The molecule has 0 amide bonds. The normalized spacial score (nSPS) is 12.2. The number of halogens is 2. The number of hydrogen-bond donors (Lipinski definition) is 0. The van der Waals surface area contributed by atoms with Crippen molar-refractivity contribution in [2.75, 3.05) is 7.11 Å². The van der Waals surface area contributed by atoms with E-state index < -0.39 is 11.9 Å². The summed E-state index contributed by atoms with van der Waals surface area (Å²) in [6.07, 6.45) is -0.509. The van der Waals surface area contributed by atoms with Crippen molar-refractivity contribution in [2.24, 2.45) is 0 Å². The molecule has 5 nitrogen and oxygen atoms in total. The molecule has 0 saturated heterocycles. The summed E-state index contributed by atoms with van der Waals surface area (Å²) in [5, 5.41) is 3.66. The van der Waals surface area contributed by atoms with E-state index in [9.17, 15) is 4.39 Å². The fourth-order valence-corrected chi connectivity index (χ4v) is 1.62. The Bertz CT molecular complexity index is 547. The lowest BCUT2D eigenvalue weighted by molar-refractivity contribution is 0.200. The first-order valence-electron chi connectivity index (χ1n) is 5.09. The van der Waals surface area contributed by atoms with E-state index in [0.29, 0.717) is 4.47 Å². The van der Waals surface area contributed by atoms with E-state index in [1.165, 1.54) is 19.2 Å². The summed E-state index contributed by atoms with van der Waals surface area (Å²) < 4.78 is 29.1. The van der Waals surface area contributed by atoms with Crippen LogP contribution in [0.1, 0.15) is 18.9 Å². The lowest BCUT2D eigenvalue weighted by Gasteiger charge is -2.11. The molecule has 0 N–H and O–H groups in total. The molecule has 0 aliphatic heterocycles. The predicted molar refractivity (Wildman–Crippen MR) is 64.0 cm³/mol. The van der Waals surface area contributed by atoms with E-state index in [0.717, 1.165) is 0 Å². The Morgan fingerprint density at radius 1 is 1.44 bits per heavy atom. The smallest absolute Gasteiger partial charge is 0.417 e. The third-order valence-electron chi connectivity index (χ3n) is 2.16. The standard InChI is InChI=1S/C11H10BrFN2O3/c1-6(10-14-11(16-2)18-15-10)17-9-4-3-7(12)5-8(9)13/h3-6H,1-2H3/t6-/m0/s1. The molecule has 0 aliphatic carbocycles. The molecule has 0 aliphatic rings. The number of aromatic nitrogens is 2. The Balaban J connectivity index is 2.13. The summed E-state index contributed by atoms with van der Waals surface area (Å²) in [6, 6.07) is 4.52. The maximum Gasteiger partial charge on any atom is 0.417 e. The molecule has 7 heteroatoms. The molecule has 1 aromatic carbocycles. The summed E-state index contributed by atoms with van der Waals surface area (Å²) in [6.45, 7) is 1.69. The van der Waals surface area contributed by atoms with E-state index >= 15 is 0 Å². The molecule has 0 fully saturated rings. The Hall–Kier alpha value is -1.63. The highest BCUT2D eigenvalue weighted by atomic mass is 79.9. The molecule has 2 rings (SSSR count). The Morgan fingerprint density at radius 2 is 2.22 bits per heavy atom. The summed E-state index contributed by atoms with van der Waals surface area (Å²) in [4.78, 5) is 3.92. The van der Waals surface area contributed by atoms with Crippen LogP contribution in [0.15, 0.2) is 27.2 Å². The van der Waals surface area contributed by atoms with Gasteiger partial charge >= 0.3 is 6.08 Å². The van der Waals surface area contributed by atoms with Gasteiger partial charge in [-0.2, -0.15) is 4.98 Å². The molecule has 0 radical (unpaired) electrons. The highest BCUT2D eigenvalue weighted by Crippen LogP contribution is 2.26. The molecule has 1 heterocycles. The SMILES string of the molecule is COc1nc([C@H](C)Oc2ccc(Br)cc2F)no1. The van der Waals surface area contributed by atoms with Crippen molar-refractivity contribution >= 4 is 15.9 Å². The molecular formula is C11H10BrFN2O3. The maximum absolute atomic E-state index is 13.6. The molecule has 18 heavy (non-hydrogen) atoms. The predicted octanol–water partition coefficient (Wildman–Crippen LogP) is 3.12. The van der Waals surface area contributed by atoms with Crippen LogP contribution >= 0.6 is 15.9 Å². The molecule has 0 bridgehead atoms. The van der Waals surface area contributed by atoms with Crippen LogP contribution in [-0.2, 0) is 0 Å². The minimum atomic E-state index is -0.548. The fourth-order valence-electron chi connectivity index (χ4n) is 1.28. The largest absolute Gasteiger partial charge is 0.480 e. The van der Waals surface area contributed by atoms with E-state index in [2.05, 4.69) is 26.1 Å². The van der Waals surface area contributed by atoms with Crippen LogP contribution in [0, 0.1) is 5.82 Å². The fraction of sp³-hybridized carbons (Fsp3) is 0.273. The van der Waals surface area contributed by atoms with Crippen LogP contribution in [0.5, 0.6) is 11.8 Å². The van der Waals surface area contributed by atoms with Crippen LogP contribution in [-0.4, -0.2) is 17.3 Å². The van der Waals surface area contributed by atoms with Gasteiger partial charge in [-0.3, -0.25) is 4.52 Å². The van der Waals surface area contributed by atoms with Gasteiger partial charge in [0.05, 0.1) is 7.11 Å². The van der Waals surface area contributed by atoms with E-state index in [-0.39, 0.29) is 17.7 Å². The number of nitrogens with zero attached hydrogens (tertiary/aromatic N) is 2. The van der Waals surface area contributed by atoms with Crippen LogP contribution in [0.3, 0.4) is 0 Å². The van der Waals surface area contributed by atoms with Crippen LogP contribution in [0.25, 0.3) is 0 Å². The average molecular weight is 317 g/mol. The molecule has 1 atom stereocenters. The first-order chi connectivity index (χ1) is 8.60. The lowest BCUT2D eigenvalue weighted by Crippen LogP contribution is -2.06. The second-order valence-electron chi connectivity index (χ2n) is 3.46. The summed E-state index contributed by atoms with van der Waals surface area (Å²) in [5.41, 5.74) is 0. The molecule has 0 unspecified atom stereocenters. The average Bonchev–Trinajstić information content (AvgIpc) is 2.81. The Labute approximate surface area is 111 Å². The molecule has 96 valence electrons. The van der Waals surface area contributed by atoms with Crippen molar-refractivity contribution in [1.29, 1.82) is 0 Å². The molecule has 2 aromatic rings. The van der Waals surface area contributed by atoms with Crippen molar-refractivity contribution in [1.82, 2.24) is 10.1 Å². The van der Waals surface area contributed by atoms with E-state index in [1.807, 2.05) is 0 Å². The van der Waals surface area contributed by atoms with E-state index in [1.54, 1.807) is 13.0 Å². The number of ether oxygens (including phenoxy) is 2. The minimum absolute atomic E-state index is 0.0386. The van der Waals surface area contributed by atoms with Gasteiger partial charge in [-0.25, -0.2) is 4.39 Å². The summed E-state index contributed by atoms with van der Waals surface area (Å²) in [7, 11) is 1.41. The summed E-state index contributed by atoms with van der Waals surface area (Å²) >= 11 is 3.17. The second-order valence-corrected chi connectivity index (χ2v) is 4.37. The highest BCUT2D eigenvalue weighted by molar-refractivity contribution is 9.10. The quantitative estimate of drug-likeness (QED) is 0.867. The first-order valence-corrected chi connectivity index (χ1v) is 5.88. The highest BCUT2D eigenvalue weighted by Gasteiger charge is 2.17. The second kappa shape index (κ2) is 5.34. The Morgan fingerprint density at radius 3 is 2.83 bits per heavy atom. The number of methoxy groups -OCH3 is 1. The van der Waals surface area contributed by atoms with Gasteiger partial charge in [-0.15, -0.1) is 0 Å². The molecule has 1 aromatic heterocycles. The molecular weight excluding hydrogens is 307 g/mol. The van der Waals surface area contributed by atoms with Crippen LogP contribution < -0.4 is 9.47 Å². The lowest BCUT2D eigenvalue weighted by atomic mass is 10.3. The van der Waals surface area contributed by atoms with Crippen LogP contribution in [0.4, 0.5) is 4.39 Å². The monoisotopic (exact) mass is 316 g/mol. The number of rotatable bonds is 4. The van der Waals surface area contributed by atoms with Crippen molar-refractivity contribution in [2.45, 2.75) is 13.0 Å². The minimum Gasteiger partial charge on any atom is -0.480 e. The zero-order valence-corrected chi connectivity index (χ0v) is 11.3. The van der Waals surface area contributed by atoms with Crippen molar-refractivity contribution in [3.63, 3.8) is 0 Å². The van der Waals surface area contributed by atoms with Gasteiger partial charge in [0, 0.05) is 4.47 Å². The zero-order chi connectivity index (χ0) is 13.1. The number of benzene rings is 1.